The van der Waals surface area contributed by atoms with Crippen LogP contribution in [0.1, 0.15) is 18.5 Å². The summed E-state index contributed by atoms with van der Waals surface area (Å²) in [5, 5.41) is 13.9. The Morgan fingerprint density at radius 2 is 1.67 bits per heavy atom. The number of para-hydroxylation sites is 1. The number of benzene rings is 2. The van der Waals surface area contributed by atoms with Gasteiger partial charge in [-0.25, -0.2) is 0 Å². The van der Waals surface area contributed by atoms with Crippen molar-refractivity contribution in [1.29, 1.82) is 0 Å². The van der Waals surface area contributed by atoms with Crippen LogP contribution in [0, 0.1) is 0 Å². The lowest BCUT2D eigenvalue weighted by atomic mass is 10.1. The van der Waals surface area contributed by atoms with Gasteiger partial charge in [-0.1, -0.05) is 41.4 Å². The molecular weight excluding hydrogens is 269 g/mol. The predicted octanol–water partition coefficient (Wildman–Crippen LogP) is 4.87. The normalized spacial score (nSPS) is 12.2. The number of hydrogen-bond donors (Lipinski definition) is 2. The van der Waals surface area contributed by atoms with E-state index in [-0.39, 0.29) is 11.8 Å². The molecule has 0 aliphatic carbocycles. The number of nitrogens with one attached hydrogen (secondary N) is 1. The molecule has 0 heterocycles. The molecule has 0 spiro atoms. The maximum absolute atomic E-state index is 9.46. The van der Waals surface area contributed by atoms with Gasteiger partial charge in [-0.2, -0.15) is 0 Å². The van der Waals surface area contributed by atoms with E-state index in [4.69, 9.17) is 23.2 Å². The van der Waals surface area contributed by atoms with Gasteiger partial charge in [0.05, 0.1) is 15.7 Å². The van der Waals surface area contributed by atoms with E-state index >= 15 is 0 Å². The van der Waals surface area contributed by atoms with Crippen LogP contribution >= 0.6 is 23.2 Å². The van der Waals surface area contributed by atoms with Crippen LogP contribution in [-0.4, -0.2) is 5.11 Å². The zero-order valence-electron chi connectivity index (χ0n) is 9.82. The van der Waals surface area contributed by atoms with Crippen molar-refractivity contribution in [2.75, 3.05) is 5.32 Å². The molecule has 0 aliphatic rings. The van der Waals surface area contributed by atoms with Gasteiger partial charge in [0.2, 0.25) is 0 Å². The molecule has 0 radical (unpaired) electrons. The largest absolute Gasteiger partial charge is 0.508 e. The first-order valence-electron chi connectivity index (χ1n) is 5.57. The average Bonchev–Trinajstić information content (AvgIpc) is 2.34. The van der Waals surface area contributed by atoms with Crippen molar-refractivity contribution in [3.05, 3.63) is 58.1 Å². The van der Waals surface area contributed by atoms with Crippen molar-refractivity contribution in [1.82, 2.24) is 0 Å². The Hall–Kier alpha value is -1.38. The van der Waals surface area contributed by atoms with E-state index in [1.807, 2.05) is 13.0 Å². The SMILES string of the molecule is CC(Nc1c(Cl)cccc1Cl)c1cccc(O)c1. The minimum Gasteiger partial charge on any atom is -0.508 e. The van der Waals surface area contributed by atoms with Gasteiger partial charge < -0.3 is 10.4 Å². The molecule has 2 aromatic carbocycles. The fourth-order valence-corrected chi connectivity index (χ4v) is 2.24. The highest BCUT2D eigenvalue weighted by molar-refractivity contribution is 6.39. The summed E-state index contributed by atoms with van der Waals surface area (Å²) >= 11 is 12.2. The summed E-state index contributed by atoms with van der Waals surface area (Å²) in [6, 6.07) is 12.4. The topological polar surface area (TPSA) is 32.3 Å². The third-order valence-corrected chi connectivity index (χ3v) is 3.32. The number of anilines is 1. The summed E-state index contributed by atoms with van der Waals surface area (Å²) in [5.41, 5.74) is 1.67. The van der Waals surface area contributed by atoms with Crippen LogP contribution in [-0.2, 0) is 0 Å². The molecule has 0 saturated carbocycles. The third kappa shape index (κ3) is 2.89. The molecule has 1 atom stereocenters. The van der Waals surface area contributed by atoms with Gasteiger partial charge >= 0.3 is 0 Å². The Bertz CT molecular complexity index is 537. The monoisotopic (exact) mass is 281 g/mol. The first-order chi connectivity index (χ1) is 8.58. The molecule has 0 amide bonds. The lowest BCUT2D eigenvalue weighted by Crippen LogP contribution is -2.07. The Morgan fingerprint density at radius 3 is 2.28 bits per heavy atom. The van der Waals surface area contributed by atoms with Crippen molar-refractivity contribution < 1.29 is 5.11 Å². The van der Waals surface area contributed by atoms with Gasteiger partial charge in [0, 0.05) is 6.04 Å². The van der Waals surface area contributed by atoms with Gasteiger partial charge in [0.25, 0.3) is 0 Å². The van der Waals surface area contributed by atoms with E-state index in [1.54, 1.807) is 36.4 Å². The number of rotatable bonds is 3. The average molecular weight is 282 g/mol. The van der Waals surface area contributed by atoms with Crippen molar-refractivity contribution >= 4 is 28.9 Å². The fourth-order valence-electron chi connectivity index (χ4n) is 1.73. The highest BCUT2D eigenvalue weighted by Gasteiger charge is 2.10. The number of hydrogen-bond acceptors (Lipinski definition) is 2. The molecule has 0 bridgehead atoms. The Labute approximate surface area is 116 Å². The summed E-state index contributed by atoms with van der Waals surface area (Å²) in [7, 11) is 0. The first-order valence-corrected chi connectivity index (χ1v) is 6.33. The molecule has 0 fully saturated rings. The van der Waals surface area contributed by atoms with Crippen molar-refractivity contribution in [3.63, 3.8) is 0 Å². The second-order valence-electron chi connectivity index (χ2n) is 4.06. The molecule has 0 saturated heterocycles. The molecule has 2 aromatic rings. The minimum atomic E-state index is -0.00509. The van der Waals surface area contributed by atoms with Crippen LogP contribution in [0.3, 0.4) is 0 Å². The van der Waals surface area contributed by atoms with E-state index in [0.29, 0.717) is 15.7 Å². The maximum atomic E-state index is 9.46. The number of phenols is 1. The van der Waals surface area contributed by atoms with Crippen molar-refractivity contribution in [3.8, 4) is 5.75 Å². The van der Waals surface area contributed by atoms with Gasteiger partial charge in [0.1, 0.15) is 5.75 Å². The Balaban J connectivity index is 2.24. The lowest BCUT2D eigenvalue weighted by Gasteiger charge is -2.18. The number of phenolic OH excluding ortho intramolecular Hbond substituents is 1. The van der Waals surface area contributed by atoms with Crippen LogP contribution in [0.2, 0.25) is 10.0 Å². The second-order valence-corrected chi connectivity index (χ2v) is 4.87. The summed E-state index contributed by atoms with van der Waals surface area (Å²) in [5.74, 6) is 0.242. The van der Waals surface area contributed by atoms with Crippen LogP contribution in [0.15, 0.2) is 42.5 Å². The molecule has 2 nitrogen and oxygen atoms in total. The van der Waals surface area contributed by atoms with E-state index in [1.165, 1.54) is 0 Å². The van der Waals surface area contributed by atoms with Crippen LogP contribution in [0.5, 0.6) is 5.75 Å². The van der Waals surface area contributed by atoms with Gasteiger partial charge in [-0.15, -0.1) is 0 Å². The molecule has 4 heteroatoms. The van der Waals surface area contributed by atoms with Crippen LogP contribution in [0.4, 0.5) is 5.69 Å². The summed E-state index contributed by atoms with van der Waals surface area (Å²) < 4.78 is 0. The molecule has 18 heavy (non-hydrogen) atoms. The molecular formula is C14H13Cl2NO. The summed E-state index contributed by atoms with van der Waals surface area (Å²) in [6.07, 6.45) is 0. The lowest BCUT2D eigenvalue weighted by molar-refractivity contribution is 0.474. The van der Waals surface area contributed by atoms with Gasteiger partial charge in [0.15, 0.2) is 0 Å². The van der Waals surface area contributed by atoms with E-state index in [9.17, 15) is 5.11 Å². The van der Waals surface area contributed by atoms with Crippen molar-refractivity contribution in [2.45, 2.75) is 13.0 Å². The number of halogens is 2. The smallest absolute Gasteiger partial charge is 0.115 e. The number of aromatic hydroxyl groups is 1. The summed E-state index contributed by atoms with van der Waals surface area (Å²) in [4.78, 5) is 0. The highest BCUT2D eigenvalue weighted by Crippen LogP contribution is 2.33. The van der Waals surface area contributed by atoms with E-state index in [2.05, 4.69) is 5.32 Å². The van der Waals surface area contributed by atoms with Gasteiger partial charge in [-0.05, 0) is 36.8 Å². The first kappa shape index (κ1) is 13.1. The van der Waals surface area contributed by atoms with Crippen LogP contribution < -0.4 is 5.32 Å². The minimum absolute atomic E-state index is 0.00509. The quantitative estimate of drug-likeness (QED) is 0.841. The van der Waals surface area contributed by atoms with Gasteiger partial charge in [-0.3, -0.25) is 0 Å². The highest BCUT2D eigenvalue weighted by atomic mass is 35.5. The zero-order valence-corrected chi connectivity index (χ0v) is 11.3. The van der Waals surface area contributed by atoms with Crippen molar-refractivity contribution in [2.24, 2.45) is 0 Å². The van der Waals surface area contributed by atoms with E-state index in [0.717, 1.165) is 5.56 Å². The molecule has 0 aliphatic heterocycles. The van der Waals surface area contributed by atoms with E-state index < -0.39 is 0 Å². The van der Waals surface area contributed by atoms with Crippen LogP contribution in [0.25, 0.3) is 0 Å². The third-order valence-electron chi connectivity index (χ3n) is 2.69. The molecule has 2 rings (SSSR count). The Morgan fingerprint density at radius 1 is 1.06 bits per heavy atom. The predicted molar refractivity (Wildman–Crippen MR) is 76.6 cm³/mol. The Kier molecular flexibility index (Phi) is 4.00. The maximum Gasteiger partial charge on any atom is 0.115 e. The fraction of sp³-hybridized carbons (Fsp3) is 0.143. The standard InChI is InChI=1S/C14H13Cl2NO/c1-9(10-4-2-5-11(18)8-10)17-14-12(15)6-3-7-13(14)16/h2-9,17-18H,1H3. The molecule has 2 N–H and O–H groups in total. The summed E-state index contributed by atoms with van der Waals surface area (Å²) in [6.45, 7) is 1.98. The zero-order chi connectivity index (χ0) is 13.1. The second kappa shape index (κ2) is 5.51. The molecule has 1 unspecified atom stereocenters. The molecule has 0 aromatic heterocycles. The molecule has 94 valence electrons.